The second kappa shape index (κ2) is 10.1. The Kier molecular flexibility index (Phi) is 7.26. The van der Waals surface area contributed by atoms with E-state index in [1.807, 2.05) is 54.6 Å². The molecule has 0 radical (unpaired) electrons. The summed E-state index contributed by atoms with van der Waals surface area (Å²) < 4.78 is 5.81. The van der Waals surface area contributed by atoms with Crippen molar-refractivity contribution in [1.29, 1.82) is 0 Å². The summed E-state index contributed by atoms with van der Waals surface area (Å²) in [5.41, 5.74) is 1.79. The molecule has 1 saturated heterocycles. The monoisotopic (exact) mass is 351 g/mol. The minimum Gasteiger partial charge on any atom is -0.494 e. The van der Waals surface area contributed by atoms with E-state index in [0.717, 1.165) is 29.9 Å². The molecule has 3 nitrogen and oxygen atoms in total. The van der Waals surface area contributed by atoms with E-state index in [1.165, 1.54) is 45.3 Å². The third-order valence-corrected chi connectivity index (χ3v) is 4.97. The first-order chi connectivity index (χ1) is 12.8. The third kappa shape index (κ3) is 5.99. The number of hydrogen-bond donors (Lipinski definition) is 0. The zero-order valence-electron chi connectivity index (χ0n) is 15.5. The Hall–Kier alpha value is -2.13. The molecular formula is C23H29NO2. The molecule has 0 spiro atoms. The fraction of sp³-hybridized carbons (Fsp3) is 0.435. The van der Waals surface area contributed by atoms with Crippen molar-refractivity contribution in [3.8, 4) is 5.75 Å². The molecule has 1 aliphatic rings. The van der Waals surface area contributed by atoms with Gasteiger partial charge in [0, 0.05) is 12.0 Å². The van der Waals surface area contributed by atoms with Gasteiger partial charge in [-0.15, -0.1) is 0 Å². The maximum atomic E-state index is 12.3. The van der Waals surface area contributed by atoms with E-state index in [0.29, 0.717) is 6.42 Å². The Labute approximate surface area is 157 Å². The molecule has 1 heterocycles. The van der Waals surface area contributed by atoms with Crippen LogP contribution in [0.1, 0.15) is 48.0 Å². The van der Waals surface area contributed by atoms with Crippen molar-refractivity contribution >= 4 is 5.78 Å². The summed E-state index contributed by atoms with van der Waals surface area (Å²) in [6, 6.07) is 17.4. The average Bonchev–Trinajstić information content (AvgIpc) is 3.19. The summed E-state index contributed by atoms with van der Waals surface area (Å²) >= 11 is 0. The molecule has 26 heavy (non-hydrogen) atoms. The maximum Gasteiger partial charge on any atom is 0.167 e. The van der Waals surface area contributed by atoms with Crippen LogP contribution in [0.3, 0.4) is 0 Å². The quantitative estimate of drug-likeness (QED) is 0.457. The van der Waals surface area contributed by atoms with Gasteiger partial charge in [-0.2, -0.15) is 0 Å². The molecule has 0 bridgehead atoms. The zero-order chi connectivity index (χ0) is 18.0. The first kappa shape index (κ1) is 18.7. The Bertz CT molecular complexity index is 660. The minimum atomic E-state index is 0.143. The number of carbonyl (C=O) groups excluding carboxylic acids is 1. The van der Waals surface area contributed by atoms with Crippen LogP contribution in [0.4, 0.5) is 0 Å². The molecular weight excluding hydrogens is 322 g/mol. The molecule has 0 aliphatic carbocycles. The summed E-state index contributed by atoms with van der Waals surface area (Å²) in [6.45, 7) is 4.55. The molecule has 3 rings (SSSR count). The highest BCUT2D eigenvalue weighted by atomic mass is 16.5. The Morgan fingerprint density at radius 3 is 2.35 bits per heavy atom. The van der Waals surface area contributed by atoms with Crippen molar-refractivity contribution in [3.63, 3.8) is 0 Å². The Morgan fingerprint density at radius 2 is 1.62 bits per heavy atom. The minimum absolute atomic E-state index is 0.143. The van der Waals surface area contributed by atoms with Gasteiger partial charge in [-0.25, -0.2) is 0 Å². The SMILES string of the molecule is O=C(Cc1ccccc1)c1ccc(OCCCCCN2CCCC2)cc1. The third-order valence-electron chi connectivity index (χ3n) is 4.97. The number of ether oxygens (including phenoxy) is 1. The molecule has 138 valence electrons. The van der Waals surface area contributed by atoms with Gasteiger partial charge < -0.3 is 9.64 Å². The predicted octanol–water partition coefficient (Wildman–Crippen LogP) is 4.76. The summed E-state index contributed by atoms with van der Waals surface area (Å²) in [4.78, 5) is 14.9. The molecule has 0 atom stereocenters. The van der Waals surface area contributed by atoms with Crippen LogP contribution in [0.25, 0.3) is 0 Å². The highest BCUT2D eigenvalue weighted by Crippen LogP contribution is 2.15. The molecule has 0 unspecified atom stereocenters. The molecule has 3 heteroatoms. The lowest BCUT2D eigenvalue weighted by atomic mass is 10.0. The lowest BCUT2D eigenvalue weighted by Crippen LogP contribution is -2.20. The van der Waals surface area contributed by atoms with Crippen molar-refractivity contribution in [2.24, 2.45) is 0 Å². The Morgan fingerprint density at radius 1 is 0.885 bits per heavy atom. The van der Waals surface area contributed by atoms with Crippen LogP contribution in [0, 0.1) is 0 Å². The maximum absolute atomic E-state index is 12.3. The van der Waals surface area contributed by atoms with Crippen LogP contribution in [0.2, 0.25) is 0 Å². The van der Waals surface area contributed by atoms with Gasteiger partial charge in [0.2, 0.25) is 0 Å². The average molecular weight is 351 g/mol. The molecule has 2 aromatic carbocycles. The summed E-state index contributed by atoms with van der Waals surface area (Å²) in [7, 11) is 0. The largest absolute Gasteiger partial charge is 0.494 e. The summed E-state index contributed by atoms with van der Waals surface area (Å²) in [5, 5.41) is 0. The van der Waals surface area contributed by atoms with Gasteiger partial charge in [0.25, 0.3) is 0 Å². The zero-order valence-corrected chi connectivity index (χ0v) is 15.5. The van der Waals surface area contributed by atoms with Gasteiger partial charge in [0.15, 0.2) is 5.78 Å². The fourth-order valence-electron chi connectivity index (χ4n) is 3.43. The van der Waals surface area contributed by atoms with E-state index in [-0.39, 0.29) is 5.78 Å². The number of benzene rings is 2. The van der Waals surface area contributed by atoms with Crippen molar-refractivity contribution < 1.29 is 9.53 Å². The van der Waals surface area contributed by atoms with Gasteiger partial charge in [0.05, 0.1) is 6.61 Å². The fourth-order valence-corrected chi connectivity index (χ4v) is 3.43. The van der Waals surface area contributed by atoms with Crippen LogP contribution < -0.4 is 4.74 Å². The van der Waals surface area contributed by atoms with Crippen LogP contribution in [-0.4, -0.2) is 36.9 Å². The lowest BCUT2D eigenvalue weighted by molar-refractivity contribution is 0.0993. The molecule has 1 fully saturated rings. The molecule has 1 aliphatic heterocycles. The predicted molar refractivity (Wildman–Crippen MR) is 106 cm³/mol. The highest BCUT2D eigenvalue weighted by molar-refractivity contribution is 5.97. The first-order valence-corrected chi connectivity index (χ1v) is 9.83. The van der Waals surface area contributed by atoms with Crippen LogP contribution in [-0.2, 0) is 6.42 Å². The van der Waals surface area contributed by atoms with Crippen molar-refractivity contribution in [3.05, 3.63) is 65.7 Å². The van der Waals surface area contributed by atoms with Crippen LogP contribution >= 0.6 is 0 Å². The second-order valence-electron chi connectivity index (χ2n) is 7.07. The van der Waals surface area contributed by atoms with Gasteiger partial charge in [0.1, 0.15) is 5.75 Å². The topological polar surface area (TPSA) is 29.5 Å². The van der Waals surface area contributed by atoms with Gasteiger partial charge >= 0.3 is 0 Å². The number of carbonyl (C=O) groups is 1. The smallest absolute Gasteiger partial charge is 0.167 e. The normalized spacial score (nSPS) is 14.5. The molecule has 0 aromatic heterocycles. The standard InChI is InChI=1S/C23H29NO2/c25-23(19-20-9-3-1-4-10-20)21-11-13-22(14-12-21)26-18-8-2-5-15-24-16-6-7-17-24/h1,3-4,9-14H,2,5-8,15-19H2. The number of likely N-dealkylation sites (tertiary alicyclic amines) is 1. The van der Waals surface area contributed by atoms with Gasteiger partial charge in [-0.1, -0.05) is 30.3 Å². The van der Waals surface area contributed by atoms with E-state index in [1.54, 1.807) is 0 Å². The van der Waals surface area contributed by atoms with Crippen LogP contribution in [0.5, 0.6) is 5.75 Å². The van der Waals surface area contributed by atoms with Gasteiger partial charge in [-0.3, -0.25) is 4.79 Å². The summed E-state index contributed by atoms with van der Waals surface area (Å²) in [6.07, 6.45) is 6.74. The van der Waals surface area contributed by atoms with Crippen molar-refractivity contribution in [2.75, 3.05) is 26.2 Å². The highest BCUT2D eigenvalue weighted by Gasteiger charge is 2.10. The number of nitrogens with zero attached hydrogens (tertiary/aromatic N) is 1. The number of Topliss-reactive ketones (excluding diaryl/α,β-unsaturated/α-hetero) is 1. The number of hydrogen-bond acceptors (Lipinski definition) is 3. The van der Waals surface area contributed by atoms with E-state index >= 15 is 0 Å². The Balaban J connectivity index is 1.34. The number of ketones is 1. The number of rotatable bonds is 10. The number of unbranched alkanes of at least 4 members (excludes halogenated alkanes) is 2. The van der Waals surface area contributed by atoms with Gasteiger partial charge in [-0.05, 0) is 81.6 Å². The van der Waals surface area contributed by atoms with E-state index in [4.69, 9.17) is 4.74 Å². The first-order valence-electron chi connectivity index (χ1n) is 9.83. The summed E-state index contributed by atoms with van der Waals surface area (Å²) in [5.74, 6) is 0.991. The van der Waals surface area contributed by atoms with E-state index in [9.17, 15) is 4.79 Å². The van der Waals surface area contributed by atoms with Crippen molar-refractivity contribution in [1.82, 2.24) is 4.90 Å². The van der Waals surface area contributed by atoms with Crippen molar-refractivity contribution in [2.45, 2.75) is 38.5 Å². The van der Waals surface area contributed by atoms with E-state index in [2.05, 4.69) is 4.90 Å². The second-order valence-corrected chi connectivity index (χ2v) is 7.07. The molecule has 0 N–H and O–H groups in total. The molecule has 0 saturated carbocycles. The lowest BCUT2D eigenvalue weighted by Gasteiger charge is -2.13. The van der Waals surface area contributed by atoms with Crippen LogP contribution in [0.15, 0.2) is 54.6 Å². The molecule has 2 aromatic rings. The molecule has 0 amide bonds. The van der Waals surface area contributed by atoms with E-state index < -0.39 is 0 Å².